The van der Waals surface area contributed by atoms with Gasteiger partial charge in [-0.2, -0.15) is 0 Å². The molecule has 0 aliphatic carbocycles. The number of nitrogens with zero attached hydrogens (tertiary/aromatic N) is 1. The van der Waals surface area contributed by atoms with E-state index in [9.17, 15) is 4.79 Å². The predicted octanol–water partition coefficient (Wildman–Crippen LogP) is 5.32. The van der Waals surface area contributed by atoms with Gasteiger partial charge in [0.1, 0.15) is 15.8 Å². The number of carbonyl (C=O) groups excluding carboxylic acids is 1. The molecule has 1 saturated heterocycles. The van der Waals surface area contributed by atoms with Crippen molar-refractivity contribution in [2.45, 2.75) is 26.7 Å². The van der Waals surface area contributed by atoms with Crippen molar-refractivity contribution >= 4 is 40.3 Å². The summed E-state index contributed by atoms with van der Waals surface area (Å²) in [7, 11) is 0. The van der Waals surface area contributed by atoms with E-state index in [0.717, 1.165) is 29.9 Å². The van der Waals surface area contributed by atoms with E-state index in [-0.39, 0.29) is 5.91 Å². The van der Waals surface area contributed by atoms with Crippen LogP contribution in [0.15, 0.2) is 53.4 Å². The number of thiocarbonyl (C=S) groups is 1. The van der Waals surface area contributed by atoms with E-state index in [1.54, 1.807) is 4.90 Å². The van der Waals surface area contributed by atoms with Gasteiger partial charge in [0.15, 0.2) is 0 Å². The molecular formula is C23H25NO3S2. The van der Waals surface area contributed by atoms with Crippen LogP contribution in [0.4, 0.5) is 0 Å². The number of rotatable bonds is 9. The van der Waals surface area contributed by atoms with Gasteiger partial charge in [-0.3, -0.25) is 9.69 Å². The molecule has 0 atom stereocenters. The molecule has 1 amide bonds. The van der Waals surface area contributed by atoms with Crippen LogP contribution in [0.2, 0.25) is 0 Å². The molecule has 0 spiro atoms. The van der Waals surface area contributed by atoms with E-state index in [4.69, 9.17) is 21.7 Å². The Morgan fingerprint density at radius 1 is 0.966 bits per heavy atom. The smallest absolute Gasteiger partial charge is 0.266 e. The van der Waals surface area contributed by atoms with Crippen LogP contribution in [0.25, 0.3) is 6.08 Å². The Kier molecular flexibility index (Phi) is 7.72. The summed E-state index contributed by atoms with van der Waals surface area (Å²) >= 11 is 6.59. The number of amides is 1. The lowest BCUT2D eigenvalue weighted by Gasteiger charge is -2.09. The Morgan fingerprint density at radius 3 is 2.07 bits per heavy atom. The van der Waals surface area contributed by atoms with Crippen molar-refractivity contribution in [2.24, 2.45) is 0 Å². The number of likely N-dealkylation sites (N-methyl/N-ethyl adjacent to an activating group) is 1. The molecule has 1 aliphatic heterocycles. The van der Waals surface area contributed by atoms with Gasteiger partial charge in [0, 0.05) is 13.0 Å². The predicted molar refractivity (Wildman–Crippen MR) is 123 cm³/mol. The van der Waals surface area contributed by atoms with Crippen LogP contribution in [-0.2, 0) is 11.2 Å². The Labute approximate surface area is 181 Å². The van der Waals surface area contributed by atoms with Gasteiger partial charge in [-0.05, 0) is 54.8 Å². The van der Waals surface area contributed by atoms with Crippen molar-refractivity contribution in [3.63, 3.8) is 0 Å². The maximum Gasteiger partial charge on any atom is 0.266 e. The number of ether oxygens (including phenoxy) is 2. The molecule has 0 bridgehead atoms. The minimum Gasteiger partial charge on any atom is -0.493 e. The normalized spacial score (nSPS) is 15.2. The molecule has 152 valence electrons. The molecule has 2 aromatic carbocycles. The number of benzene rings is 2. The average molecular weight is 428 g/mol. The minimum absolute atomic E-state index is 0.0211. The van der Waals surface area contributed by atoms with Crippen LogP contribution in [-0.4, -0.2) is 34.9 Å². The molecule has 0 saturated carbocycles. The van der Waals surface area contributed by atoms with Crippen LogP contribution in [0, 0.1) is 0 Å². The van der Waals surface area contributed by atoms with Crippen LogP contribution < -0.4 is 9.47 Å². The highest BCUT2D eigenvalue weighted by Gasteiger charge is 2.30. The standard InChI is InChI=1S/C23H25NO3S2/c1-3-17-6-10-19(11-7-17)26-14-5-15-27-20-12-8-18(9-13-20)16-21-22(25)24(4-2)23(28)29-21/h6-13,16H,3-5,14-15H2,1-2H3/b21-16-. The fraction of sp³-hybridized carbons (Fsp3) is 0.304. The van der Waals surface area contributed by atoms with E-state index in [2.05, 4.69) is 19.1 Å². The Hall–Kier alpha value is -2.31. The SMILES string of the molecule is CCc1ccc(OCCCOc2ccc(/C=C3\SC(=S)N(CC)C3=O)cc2)cc1. The monoisotopic (exact) mass is 427 g/mol. The van der Waals surface area contributed by atoms with E-state index < -0.39 is 0 Å². The summed E-state index contributed by atoms with van der Waals surface area (Å²) < 4.78 is 12.1. The second kappa shape index (κ2) is 10.5. The third kappa shape index (κ3) is 5.84. The third-order valence-electron chi connectivity index (χ3n) is 4.53. The first-order valence-corrected chi connectivity index (χ1v) is 11.0. The second-order valence-corrected chi connectivity index (χ2v) is 8.22. The Balaban J connectivity index is 1.43. The lowest BCUT2D eigenvalue weighted by atomic mass is 10.2. The lowest BCUT2D eigenvalue weighted by molar-refractivity contribution is -0.121. The number of thioether (sulfide) groups is 1. The van der Waals surface area contributed by atoms with Crippen molar-refractivity contribution in [1.29, 1.82) is 0 Å². The molecule has 0 N–H and O–H groups in total. The van der Waals surface area contributed by atoms with Gasteiger partial charge in [-0.15, -0.1) is 0 Å². The second-order valence-electron chi connectivity index (χ2n) is 6.54. The Bertz CT molecular complexity index is 876. The van der Waals surface area contributed by atoms with Crippen molar-refractivity contribution in [1.82, 2.24) is 4.90 Å². The highest BCUT2D eigenvalue weighted by molar-refractivity contribution is 8.26. The third-order valence-corrected chi connectivity index (χ3v) is 5.90. The largest absolute Gasteiger partial charge is 0.493 e. The van der Waals surface area contributed by atoms with Gasteiger partial charge in [0.25, 0.3) is 5.91 Å². The van der Waals surface area contributed by atoms with Gasteiger partial charge >= 0.3 is 0 Å². The topological polar surface area (TPSA) is 38.8 Å². The first-order chi connectivity index (χ1) is 14.1. The van der Waals surface area contributed by atoms with Crippen LogP contribution in [0.1, 0.15) is 31.4 Å². The summed E-state index contributed by atoms with van der Waals surface area (Å²) in [6.45, 7) is 5.86. The first-order valence-electron chi connectivity index (χ1n) is 9.80. The maximum absolute atomic E-state index is 12.3. The van der Waals surface area contributed by atoms with Crippen LogP contribution >= 0.6 is 24.0 Å². The molecule has 3 rings (SSSR count). The van der Waals surface area contributed by atoms with Gasteiger partial charge in [0.05, 0.1) is 18.1 Å². The maximum atomic E-state index is 12.3. The summed E-state index contributed by atoms with van der Waals surface area (Å²) in [6, 6.07) is 15.9. The van der Waals surface area contributed by atoms with Gasteiger partial charge < -0.3 is 9.47 Å². The minimum atomic E-state index is -0.0211. The zero-order valence-electron chi connectivity index (χ0n) is 16.7. The summed E-state index contributed by atoms with van der Waals surface area (Å²) in [4.78, 5) is 14.5. The molecule has 1 aliphatic rings. The molecule has 1 fully saturated rings. The molecule has 0 radical (unpaired) electrons. The van der Waals surface area contributed by atoms with E-state index in [1.807, 2.05) is 49.4 Å². The quantitative estimate of drug-likeness (QED) is 0.308. The summed E-state index contributed by atoms with van der Waals surface area (Å²) in [5.41, 5.74) is 2.26. The summed E-state index contributed by atoms with van der Waals surface area (Å²) in [6.07, 6.45) is 3.71. The fourth-order valence-corrected chi connectivity index (χ4v) is 4.23. The molecule has 29 heavy (non-hydrogen) atoms. The molecule has 1 heterocycles. The number of carbonyl (C=O) groups is 1. The van der Waals surface area contributed by atoms with Crippen LogP contribution in [0.5, 0.6) is 11.5 Å². The molecular weight excluding hydrogens is 402 g/mol. The van der Waals surface area contributed by atoms with Crippen molar-refractivity contribution in [3.05, 3.63) is 64.6 Å². The van der Waals surface area contributed by atoms with Crippen molar-refractivity contribution in [3.8, 4) is 11.5 Å². The lowest BCUT2D eigenvalue weighted by Crippen LogP contribution is -2.27. The average Bonchev–Trinajstić information content (AvgIpc) is 3.01. The fourth-order valence-electron chi connectivity index (χ4n) is 2.84. The van der Waals surface area contributed by atoms with Gasteiger partial charge in [-0.1, -0.05) is 55.2 Å². The van der Waals surface area contributed by atoms with E-state index >= 15 is 0 Å². The van der Waals surface area contributed by atoms with Crippen LogP contribution in [0.3, 0.4) is 0 Å². The van der Waals surface area contributed by atoms with Crippen molar-refractivity contribution < 1.29 is 14.3 Å². The number of hydrogen-bond acceptors (Lipinski definition) is 5. The molecule has 2 aromatic rings. The van der Waals surface area contributed by atoms with Gasteiger partial charge in [0.2, 0.25) is 0 Å². The summed E-state index contributed by atoms with van der Waals surface area (Å²) in [5, 5.41) is 0. The van der Waals surface area contributed by atoms with E-state index in [0.29, 0.717) is 29.0 Å². The molecule has 6 heteroatoms. The molecule has 4 nitrogen and oxygen atoms in total. The molecule has 0 unspecified atom stereocenters. The zero-order chi connectivity index (χ0) is 20.6. The molecule has 0 aromatic heterocycles. The van der Waals surface area contributed by atoms with Gasteiger partial charge in [-0.25, -0.2) is 0 Å². The first kappa shape index (κ1) is 21.4. The van der Waals surface area contributed by atoms with E-state index in [1.165, 1.54) is 17.3 Å². The number of hydrogen-bond donors (Lipinski definition) is 0. The van der Waals surface area contributed by atoms with Crippen molar-refractivity contribution in [2.75, 3.05) is 19.8 Å². The number of aryl methyl sites for hydroxylation is 1. The Morgan fingerprint density at radius 2 is 1.55 bits per heavy atom. The summed E-state index contributed by atoms with van der Waals surface area (Å²) in [5.74, 6) is 1.67. The zero-order valence-corrected chi connectivity index (χ0v) is 18.4. The highest BCUT2D eigenvalue weighted by Crippen LogP contribution is 2.32. The highest BCUT2D eigenvalue weighted by atomic mass is 32.2.